The van der Waals surface area contributed by atoms with E-state index in [1.807, 2.05) is 30.3 Å². The number of urea groups is 1. The molecule has 1 aliphatic heterocycles. The first-order valence-corrected chi connectivity index (χ1v) is 7.72. The van der Waals surface area contributed by atoms with Crippen LogP contribution in [-0.2, 0) is 16.1 Å². The van der Waals surface area contributed by atoms with E-state index in [1.54, 1.807) is 18.1 Å². The van der Waals surface area contributed by atoms with Crippen LogP contribution in [0.3, 0.4) is 0 Å². The van der Waals surface area contributed by atoms with Crippen molar-refractivity contribution in [3.05, 3.63) is 42.1 Å². The summed E-state index contributed by atoms with van der Waals surface area (Å²) >= 11 is 0. The van der Waals surface area contributed by atoms with Crippen LogP contribution in [0.5, 0.6) is 0 Å². The van der Waals surface area contributed by atoms with Crippen LogP contribution < -0.4 is 10.6 Å². The van der Waals surface area contributed by atoms with Crippen molar-refractivity contribution in [1.82, 2.24) is 20.5 Å². The van der Waals surface area contributed by atoms with E-state index in [0.29, 0.717) is 6.54 Å². The highest BCUT2D eigenvalue weighted by Crippen LogP contribution is 2.17. The van der Waals surface area contributed by atoms with Crippen molar-refractivity contribution >= 4 is 28.7 Å². The van der Waals surface area contributed by atoms with Gasteiger partial charge in [-0.1, -0.05) is 24.3 Å². The zero-order valence-electron chi connectivity index (χ0n) is 13.3. The summed E-state index contributed by atoms with van der Waals surface area (Å²) in [5.74, 6) is -0.467. The van der Waals surface area contributed by atoms with Gasteiger partial charge in [-0.15, -0.1) is 0 Å². The summed E-state index contributed by atoms with van der Waals surface area (Å²) in [6, 6.07) is 8.59. The molecule has 0 saturated carbocycles. The molecule has 124 valence electrons. The van der Waals surface area contributed by atoms with Crippen LogP contribution in [0.4, 0.5) is 4.79 Å². The summed E-state index contributed by atoms with van der Waals surface area (Å²) in [6.07, 6.45) is 2.20. The molecule has 2 heterocycles. The zero-order chi connectivity index (χ0) is 17.1. The fourth-order valence-electron chi connectivity index (χ4n) is 2.76. The maximum absolute atomic E-state index is 12.3. The van der Waals surface area contributed by atoms with E-state index in [4.69, 9.17) is 0 Å². The Labute approximate surface area is 139 Å². The summed E-state index contributed by atoms with van der Waals surface area (Å²) in [5.41, 5.74) is 1.85. The number of nitrogens with zero attached hydrogens (tertiary/aromatic N) is 2. The average molecular weight is 326 g/mol. The van der Waals surface area contributed by atoms with Gasteiger partial charge in [0.15, 0.2) is 0 Å². The molecule has 24 heavy (non-hydrogen) atoms. The van der Waals surface area contributed by atoms with Gasteiger partial charge < -0.3 is 10.2 Å². The van der Waals surface area contributed by atoms with Gasteiger partial charge in [-0.2, -0.15) is 0 Å². The SMILES string of the molecule is CN(Cc1cccc2cccnc12)C(=O)CC[C@@H]1NC(=O)NC1=O. The molecule has 1 aliphatic rings. The lowest BCUT2D eigenvalue weighted by Crippen LogP contribution is -2.32. The lowest BCUT2D eigenvalue weighted by Gasteiger charge is -2.18. The number of hydrogen-bond acceptors (Lipinski definition) is 4. The zero-order valence-corrected chi connectivity index (χ0v) is 13.3. The first kappa shape index (κ1) is 15.9. The molecule has 2 aromatic rings. The van der Waals surface area contributed by atoms with Crippen molar-refractivity contribution < 1.29 is 14.4 Å². The number of fused-ring (bicyclic) bond motifs is 1. The number of benzene rings is 1. The minimum Gasteiger partial charge on any atom is -0.341 e. The van der Waals surface area contributed by atoms with Crippen molar-refractivity contribution in [2.24, 2.45) is 0 Å². The fraction of sp³-hybridized carbons (Fsp3) is 0.294. The normalized spacial score (nSPS) is 16.8. The number of para-hydroxylation sites is 1. The van der Waals surface area contributed by atoms with Crippen LogP contribution in [-0.4, -0.2) is 40.8 Å². The van der Waals surface area contributed by atoms with Crippen molar-refractivity contribution in [1.29, 1.82) is 0 Å². The molecule has 1 aromatic carbocycles. The fourth-order valence-corrected chi connectivity index (χ4v) is 2.76. The van der Waals surface area contributed by atoms with Crippen LogP contribution in [0, 0.1) is 0 Å². The third-order valence-corrected chi connectivity index (χ3v) is 4.05. The number of hydrogen-bond donors (Lipinski definition) is 2. The molecule has 1 atom stereocenters. The van der Waals surface area contributed by atoms with E-state index in [2.05, 4.69) is 15.6 Å². The number of amides is 4. The maximum atomic E-state index is 12.3. The molecular formula is C17H18N4O3. The highest BCUT2D eigenvalue weighted by molar-refractivity contribution is 6.04. The number of carbonyl (C=O) groups excluding carboxylic acids is 3. The molecule has 0 aliphatic carbocycles. The molecule has 0 spiro atoms. The number of aromatic nitrogens is 1. The summed E-state index contributed by atoms with van der Waals surface area (Å²) in [4.78, 5) is 40.8. The first-order chi connectivity index (χ1) is 11.5. The summed E-state index contributed by atoms with van der Waals surface area (Å²) < 4.78 is 0. The van der Waals surface area contributed by atoms with Crippen LogP contribution in [0.1, 0.15) is 18.4 Å². The maximum Gasteiger partial charge on any atom is 0.322 e. The molecule has 7 nitrogen and oxygen atoms in total. The van der Waals surface area contributed by atoms with E-state index in [-0.39, 0.29) is 24.7 Å². The van der Waals surface area contributed by atoms with Gasteiger partial charge in [0.05, 0.1) is 5.52 Å². The highest BCUT2D eigenvalue weighted by atomic mass is 16.2. The Morgan fingerprint density at radius 2 is 2.04 bits per heavy atom. The van der Waals surface area contributed by atoms with E-state index < -0.39 is 12.1 Å². The van der Waals surface area contributed by atoms with Gasteiger partial charge in [-0.25, -0.2) is 4.79 Å². The largest absolute Gasteiger partial charge is 0.341 e. The summed E-state index contributed by atoms with van der Waals surface area (Å²) in [7, 11) is 1.72. The van der Waals surface area contributed by atoms with Crippen molar-refractivity contribution in [2.75, 3.05) is 7.05 Å². The molecule has 0 bridgehead atoms. The minimum absolute atomic E-state index is 0.0862. The second-order valence-electron chi connectivity index (χ2n) is 5.80. The Balaban J connectivity index is 1.61. The monoisotopic (exact) mass is 326 g/mol. The number of carbonyl (C=O) groups is 3. The van der Waals surface area contributed by atoms with Crippen LogP contribution >= 0.6 is 0 Å². The Bertz CT molecular complexity index is 800. The molecule has 2 N–H and O–H groups in total. The average Bonchev–Trinajstić information content (AvgIpc) is 2.90. The molecule has 7 heteroatoms. The lowest BCUT2D eigenvalue weighted by atomic mass is 10.1. The van der Waals surface area contributed by atoms with Gasteiger partial charge in [0.2, 0.25) is 5.91 Å². The number of imide groups is 1. The number of pyridine rings is 1. The Hall–Kier alpha value is -2.96. The van der Waals surface area contributed by atoms with Crippen LogP contribution in [0.25, 0.3) is 10.9 Å². The third-order valence-electron chi connectivity index (χ3n) is 4.05. The van der Waals surface area contributed by atoms with Gasteiger partial charge in [0.25, 0.3) is 5.91 Å². The second kappa shape index (κ2) is 6.66. The number of rotatable bonds is 5. The molecular weight excluding hydrogens is 308 g/mol. The first-order valence-electron chi connectivity index (χ1n) is 7.72. The smallest absolute Gasteiger partial charge is 0.322 e. The van der Waals surface area contributed by atoms with Gasteiger partial charge in [0.1, 0.15) is 6.04 Å². The van der Waals surface area contributed by atoms with Gasteiger partial charge in [-0.05, 0) is 18.1 Å². The van der Waals surface area contributed by atoms with Gasteiger partial charge in [0, 0.05) is 31.6 Å². The number of nitrogens with one attached hydrogen (secondary N) is 2. The van der Waals surface area contributed by atoms with Gasteiger partial charge >= 0.3 is 6.03 Å². The molecule has 1 aromatic heterocycles. The van der Waals surface area contributed by atoms with Crippen molar-refractivity contribution in [2.45, 2.75) is 25.4 Å². The predicted octanol–water partition coefficient (Wildman–Crippen LogP) is 1.18. The van der Waals surface area contributed by atoms with Gasteiger partial charge in [-0.3, -0.25) is 19.9 Å². The highest BCUT2D eigenvalue weighted by Gasteiger charge is 2.29. The summed E-state index contributed by atoms with van der Waals surface area (Å²) in [5, 5.41) is 5.68. The van der Waals surface area contributed by atoms with E-state index in [0.717, 1.165) is 16.5 Å². The van der Waals surface area contributed by atoms with Crippen LogP contribution in [0.15, 0.2) is 36.5 Å². The van der Waals surface area contributed by atoms with Crippen LogP contribution in [0.2, 0.25) is 0 Å². The Kier molecular flexibility index (Phi) is 4.41. The van der Waals surface area contributed by atoms with Crippen molar-refractivity contribution in [3.8, 4) is 0 Å². The molecule has 1 fully saturated rings. The molecule has 1 saturated heterocycles. The molecule has 0 radical (unpaired) electrons. The van der Waals surface area contributed by atoms with Crippen molar-refractivity contribution in [3.63, 3.8) is 0 Å². The predicted molar refractivity (Wildman–Crippen MR) is 87.9 cm³/mol. The van der Waals surface area contributed by atoms with E-state index in [1.165, 1.54) is 0 Å². The lowest BCUT2D eigenvalue weighted by molar-refractivity contribution is -0.130. The molecule has 3 rings (SSSR count). The Morgan fingerprint density at radius 1 is 1.25 bits per heavy atom. The standard InChI is InChI=1S/C17H18N4O3/c1-21(14(22)8-7-13-16(23)20-17(24)19-13)10-12-5-2-4-11-6-3-9-18-15(11)12/h2-6,9,13H,7-8,10H2,1H3,(H2,19,20,23,24)/t13-/m0/s1. The Morgan fingerprint density at radius 3 is 2.79 bits per heavy atom. The molecule has 0 unspecified atom stereocenters. The minimum atomic E-state index is -0.630. The summed E-state index contributed by atoms with van der Waals surface area (Å²) in [6.45, 7) is 0.441. The molecule has 4 amide bonds. The third kappa shape index (κ3) is 3.34. The second-order valence-corrected chi connectivity index (χ2v) is 5.80. The topological polar surface area (TPSA) is 91.4 Å². The van der Waals surface area contributed by atoms with E-state index >= 15 is 0 Å². The van der Waals surface area contributed by atoms with E-state index in [9.17, 15) is 14.4 Å². The quantitative estimate of drug-likeness (QED) is 0.807.